The molecule has 8 nitrogen and oxygen atoms in total. The van der Waals surface area contributed by atoms with Crippen LogP contribution in [0.1, 0.15) is 20.8 Å². The summed E-state index contributed by atoms with van der Waals surface area (Å²) in [5.74, 6) is -1.71. The van der Waals surface area contributed by atoms with E-state index in [9.17, 15) is 14.4 Å². The van der Waals surface area contributed by atoms with Crippen LogP contribution in [0.25, 0.3) is 0 Å². The Bertz CT molecular complexity index is 390. The molecule has 2 heterocycles. The lowest BCUT2D eigenvalue weighted by atomic mass is 10.00. The van der Waals surface area contributed by atoms with Crippen molar-refractivity contribution in [2.24, 2.45) is 0 Å². The number of hydrogen-bond donors (Lipinski definition) is 0. The molecule has 0 saturated carbocycles. The van der Waals surface area contributed by atoms with Crippen molar-refractivity contribution in [3.8, 4) is 0 Å². The molecule has 2 aliphatic heterocycles. The molecule has 0 aromatic heterocycles. The highest BCUT2D eigenvalue weighted by Crippen LogP contribution is 2.33. The van der Waals surface area contributed by atoms with Crippen LogP contribution < -0.4 is 0 Å². The van der Waals surface area contributed by atoms with Crippen LogP contribution in [0.15, 0.2) is 0 Å². The molecule has 0 amide bonds. The zero-order chi connectivity index (χ0) is 14.9. The molecule has 0 aromatic carbocycles. The number of fused-ring (bicyclic) bond motifs is 2. The summed E-state index contributed by atoms with van der Waals surface area (Å²) < 4.78 is 26.2. The summed E-state index contributed by atoms with van der Waals surface area (Å²) >= 11 is 0. The van der Waals surface area contributed by atoms with Gasteiger partial charge in [-0.2, -0.15) is 0 Å². The van der Waals surface area contributed by atoms with Crippen molar-refractivity contribution in [1.29, 1.82) is 0 Å². The van der Waals surface area contributed by atoms with Crippen LogP contribution in [-0.4, -0.2) is 55.2 Å². The molecule has 0 aliphatic carbocycles. The van der Waals surface area contributed by atoms with Crippen LogP contribution in [0, 0.1) is 0 Å². The number of rotatable bonds is 3. The summed E-state index contributed by atoms with van der Waals surface area (Å²) in [7, 11) is 0. The van der Waals surface area contributed by atoms with E-state index in [0.29, 0.717) is 0 Å². The summed E-state index contributed by atoms with van der Waals surface area (Å²) in [5.41, 5.74) is 0. The average molecular weight is 288 g/mol. The second-order valence-electron chi connectivity index (χ2n) is 4.60. The Labute approximate surface area is 115 Å². The first-order chi connectivity index (χ1) is 9.38. The molecule has 0 radical (unpaired) electrons. The number of carbonyl (C=O) groups is 3. The van der Waals surface area contributed by atoms with Crippen molar-refractivity contribution in [2.45, 2.75) is 51.5 Å². The highest BCUT2D eigenvalue weighted by Gasteiger charge is 2.55. The Morgan fingerprint density at radius 2 is 1.35 bits per heavy atom. The number of carbonyl (C=O) groups excluding carboxylic acids is 3. The van der Waals surface area contributed by atoms with E-state index in [1.54, 1.807) is 0 Å². The van der Waals surface area contributed by atoms with Crippen molar-refractivity contribution >= 4 is 17.9 Å². The third-order valence-corrected chi connectivity index (χ3v) is 2.92. The summed E-state index contributed by atoms with van der Waals surface area (Å²) in [6.45, 7) is 3.83. The van der Waals surface area contributed by atoms with Crippen LogP contribution in [-0.2, 0) is 38.1 Å². The highest BCUT2D eigenvalue weighted by atomic mass is 16.8. The fourth-order valence-electron chi connectivity index (χ4n) is 2.31. The van der Waals surface area contributed by atoms with Gasteiger partial charge in [-0.1, -0.05) is 0 Å². The van der Waals surface area contributed by atoms with Gasteiger partial charge in [0.05, 0.1) is 6.61 Å². The standard InChI is InChI=1S/C12H16O8/c1-5(13)17-9-8-4-16-12(20-8)11(19-7(3)15)10(9)18-6(2)14/h8-12H,4H2,1-3H3/t8?,9-,10?,11?,12-/m0/s1. The molecule has 8 heteroatoms. The number of ether oxygens (including phenoxy) is 5. The molecule has 0 spiro atoms. The Morgan fingerprint density at radius 1 is 0.850 bits per heavy atom. The molecular weight excluding hydrogens is 272 g/mol. The summed E-state index contributed by atoms with van der Waals surface area (Å²) in [6.07, 6.45) is -4.19. The van der Waals surface area contributed by atoms with Gasteiger partial charge in [0.2, 0.25) is 0 Å². The minimum atomic E-state index is -0.973. The van der Waals surface area contributed by atoms with Gasteiger partial charge in [-0.3, -0.25) is 14.4 Å². The molecule has 0 aromatic rings. The highest BCUT2D eigenvalue weighted by molar-refractivity contribution is 5.68. The van der Waals surface area contributed by atoms with Crippen molar-refractivity contribution in [3.05, 3.63) is 0 Å². The van der Waals surface area contributed by atoms with E-state index >= 15 is 0 Å². The number of hydrogen-bond acceptors (Lipinski definition) is 8. The molecule has 5 atom stereocenters. The van der Waals surface area contributed by atoms with Crippen molar-refractivity contribution < 1.29 is 38.1 Å². The first-order valence-corrected chi connectivity index (χ1v) is 6.17. The van der Waals surface area contributed by atoms with Crippen molar-refractivity contribution in [2.75, 3.05) is 6.61 Å². The van der Waals surface area contributed by atoms with Crippen LogP contribution in [0.4, 0.5) is 0 Å². The van der Waals surface area contributed by atoms with E-state index in [-0.39, 0.29) is 6.61 Å². The Kier molecular flexibility index (Phi) is 4.24. The van der Waals surface area contributed by atoms with Gasteiger partial charge in [0, 0.05) is 20.8 Å². The van der Waals surface area contributed by atoms with E-state index in [1.165, 1.54) is 20.8 Å². The fraction of sp³-hybridized carbons (Fsp3) is 0.750. The number of esters is 3. The minimum absolute atomic E-state index is 0.165. The SMILES string of the molecule is CC(=O)OC1C(OC(C)=O)[C@@H](OC(C)=O)C2CO[C@H]1O2. The van der Waals surface area contributed by atoms with Crippen molar-refractivity contribution in [1.82, 2.24) is 0 Å². The molecule has 2 saturated heterocycles. The van der Waals surface area contributed by atoms with Gasteiger partial charge < -0.3 is 23.7 Å². The second kappa shape index (κ2) is 5.76. The second-order valence-corrected chi connectivity index (χ2v) is 4.60. The maximum atomic E-state index is 11.2. The van der Waals surface area contributed by atoms with Crippen LogP contribution in [0.5, 0.6) is 0 Å². The smallest absolute Gasteiger partial charge is 0.303 e. The van der Waals surface area contributed by atoms with Gasteiger partial charge in [-0.25, -0.2) is 0 Å². The molecule has 0 N–H and O–H groups in total. The molecule has 2 aliphatic rings. The summed E-state index contributed by atoms with van der Waals surface area (Å²) in [5, 5.41) is 0. The topological polar surface area (TPSA) is 97.4 Å². The maximum absolute atomic E-state index is 11.2. The van der Waals surface area contributed by atoms with Crippen molar-refractivity contribution in [3.63, 3.8) is 0 Å². The van der Waals surface area contributed by atoms with Gasteiger partial charge in [0.1, 0.15) is 6.10 Å². The van der Waals surface area contributed by atoms with Gasteiger partial charge in [0.15, 0.2) is 24.6 Å². The Balaban J connectivity index is 2.24. The molecule has 112 valence electrons. The minimum Gasteiger partial charge on any atom is -0.456 e. The van der Waals surface area contributed by atoms with Gasteiger partial charge >= 0.3 is 17.9 Å². The molecular formula is C12H16O8. The summed E-state index contributed by atoms with van der Waals surface area (Å²) in [6, 6.07) is 0. The first-order valence-electron chi connectivity index (χ1n) is 6.17. The normalized spacial score (nSPS) is 35.2. The molecule has 2 bridgehead atoms. The van der Waals surface area contributed by atoms with E-state index in [2.05, 4.69) is 0 Å². The lowest BCUT2D eigenvalue weighted by Gasteiger charge is -2.38. The quantitative estimate of drug-likeness (QED) is 0.508. The maximum Gasteiger partial charge on any atom is 0.303 e. The zero-order valence-corrected chi connectivity index (χ0v) is 11.4. The van der Waals surface area contributed by atoms with E-state index < -0.39 is 48.6 Å². The Morgan fingerprint density at radius 3 is 1.90 bits per heavy atom. The van der Waals surface area contributed by atoms with Gasteiger partial charge in [0.25, 0.3) is 0 Å². The van der Waals surface area contributed by atoms with Crippen LogP contribution in [0.3, 0.4) is 0 Å². The predicted molar refractivity (Wildman–Crippen MR) is 61.3 cm³/mol. The lowest BCUT2D eigenvalue weighted by Crippen LogP contribution is -2.58. The van der Waals surface area contributed by atoms with E-state index in [0.717, 1.165) is 0 Å². The third-order valence-electron chi connectivity index (χ3n) is 2.92. The molecule has 3 unspecified atom stereocenters. The largest absolute Gasteiger partial charge is 0.456 e. The fourth-order valence-corrected chi connectivity index (χ4v) is 2.31. The lowest BCUT2D eigenvalue weighted by molar-refractivity contribution is -0.250. The predicted octanol–water partition coefficient (Wildman–Crippen LogP) is -0.463. The van der Waals surface area contributed by atoms with E-state index in [1.807, 2.05) is 0 Å². The van der Waals surface area contributed by atoms with Gasteiger partial charge in [-0.15, -0.1) is 0 Å². The molecule has 2 rings (SSSR count). The zero-order valence-electron chi connectivity index (χ0n) is 11.4. The third kappa shape index (κ3) is 3.07. The van der Waals surface area contributed by atoms with Crippen LogP contribution >= 0.6 is 0 Å². The Hall–Kier alpha value is -1.67. The average Bonchev–Trinajstić information content (AvgIpc) is 2.74. The monoisotopic (exact) mass is 288 g/mol. The molecule has 20 heavy (non-hydrogen) atoms. The van der Waals surface area contributed by atoms with E-state index in [4.69, 9.17) is 23.7 Å². The first kappa shape index (κ1) is 14.7. The van der Waals surface area contributed by atoms with Gasteiger partial charge in [-0.05, 0) is 0 Å². The van der Waals surface area contributed by atoms with Crippen LogP contribution in [0.2, 0.25) is 0 Å². The molecule has 2 fully saturated rings. The summed E-state index contributed by atoms with van der Waals surface area (Å²) in [4.78, 5) is 33.6.